The molecule has 0 bridgehead atoms. The van der Waals surface area contributed by atoms with Crippen LogP contribution in [0.1, 0.15) is 26.2 Å². The predicted octanol–water partition coefficient (Wildman–Crippen LogP) is 1.83. The summed E-state index contributed by atoms with van der Waals surface area (Å²) in [6.45, 7) is 3.06. The molecule has 0 aromatic heterocycles. The lowest BCUT2D eigenvalue weighted by molar-refractivity contribution is -0.141. The smallest absolute Gasteiger partial charge is 0.242 e. The second-order valence-corrected chi connectivity index (χ2v) is 5.66. The first-order valence-corrected chi connectivity index (χ1v) is 7.83. The number of ether oxygens (including phenoxy) is 1. The Morgan fingerprint density at radius 3 is 2.77 bits per heavy atom. The van der Waals surface area contributed by atoms with Gasteiger partial charge in [0, 0.05) is 19.5 Å². The second-order valence-electron chi connectivity index (χ2n) is 5.66. The van der Waals surface area contributed by atoms with Crippen LogP contribution in [0.5, 0.6) is 5.75 Å². The Balaban J connectivity index is 1.82. The van der Waals surface area contributed by atoms with Crippen molar-refractivity contribution in [1.82, 2.24) is 10.2 Å². The summed E-state index contributed by atoms with van der Waals surface area (Å²) >= 11 is 0. The molecule has 22 heavy (non-hydrogen) atoms. The van der Waals surface area contributed by atoms with Gasteiger partial charge in [-0.05, 0) is 31.4 Å². The summed E-state index contributed by atoms with van der Waals surface area (Å²) in [6.07, 6.45) is 2.28. The summed E-state index contributed by atoms with van der Waals surface area (Å²) in [5, 5.41) is 2.64. The van der Waals surface area contributed by atoms with Crippen molar-refractivity contribution in [2.45, 2.75) is 32.2 Å². The number of benzene rings is 1. The summed E-state index contributed by atoms with van der Waals surface area (Å²) < 4.78 is 5.63. The van der Waals surface area contributed by atoms with Crippen molar-refractivity contribution in [2.24, 2.45) is 5.92 Å². The van der Waals surface area contributed by atoms with Gasteiger partial charge in [0.1, 0.15) is 11.8 Å². The molecule has 0 spiro atoms. The molecular weight excluding hydrogens is 280 g/mol. The van der Waals surface area contributed by atoms with E-state index < -0.39 is 0 Å². The fourth-order valence-corrected chi connectivity index (χ4v) is 2.75. The largest absolute Gasteiger partial charge is 0.494 e. The normalized spacial score (nSPS) is 18.8. The number of nitrogens with one attached hydrogen (secondary N) is 1. The molecule has 1 aromatic rings. The SMILES string of the molecule is CNC(=O)[C@@H]1CCCN1C(=O)[C@@H](C)CCOc1ccccc1. The van der Waals surface area contributed by atoms with Crippen LogP contribution in [-0.2, 0) is 9.59 Å². The van der Waals surface area contributed by atoms with Crippen LogP contribution in [0.15, 0.2) is 30.3 Å². The van der Waals surface area contributed by atoms with Gasteiger partial charge in [-0.1, -0.05) is 25.1 Å². The van der Waals surface area contributed by atoms with E-state index in [4.69, 9.17) is 4.74 Å². The van der Waals surface area contributed by atoms with Crippen LogP contribution in [0.25, 0.3) is 0 Å². The average Bonchev–Trinajstić information content (AvgIpc) is 3.03. The van der Waals surface area contributed by atoms with Crippen LogP contribution in [-0.4, -0.2) is 43.0 Å². The molecule has 5 heteroatoms. The molecule has 1 N–H and O–H groups in total. The van der Waals surface area contributed by atoms with Crippen LogP contribution in [0.4, 0.5) is 0 Å². The average molecular weight is 304 g/mol. The quantitative estimate of drug-likeness (QED) is 0.872. The molecule has 1 heterocycles. The third-order valence-electron chi connectivity index (χ3n) is 4.07. The summed E-state index contributed by atoms with van der Waals surface area (Å²) in [4.78, 5) is 26.0. The van der Waals surface area contributed by atoms with Crippen LogP contribution in [0.2, 0.25) is 0 Å². The van der Waals surface area contributed by atoms with E-state index in [1.807, 2.05) is 37.3 Å². The van der Waals surface area contributed by atoms with Crippen molar-refractivity contribution < 1.29 is 14.3 Å². The highest BCUT2D eigenvalue weighted by molar-refractivity contribution is 5.88. The van der Waals surface area contributed by atoms with Crippen molar-refractivity contribution in [2.75, 3.05) is 20.2 Å². The first-order chi connectivity index (χ1) is 10.6. The lowest BCUT2D eigenvalue weighted by Crippen LogP contribution is -2.46. The number of hydrogen-bond donors (Lipinski definition) is 1. The lowest BCUT2D eigenvalue weighted by Gasteiger charge is -2.26. The van der Waals surface area contributed by atoms with Crippen LogP contribution in [0, 0.1) is 5.92 Å². The Labute approximate surface area is 131 Å². The number of carbonyl (C=O) groups excluding carboxylic acids is 2. The Morgan fingerprint density at radius 2 is 2.09 bits per heavy atom. The van der Waals surface area contributed by atoms with E-state index in [-0.39, 0.29) is 23.8 Å². The van der Waals surface area contributed by atoms with Gasteiger partial charge in [-0.2, -0.15) is 0 Å². The Hall–Kier alpha value is -2.04. The molecule has 0 radical (unpaired) electrons. The van der Waals surface area contributed by atoms with Gasteiger partial charge in [0.05, 0.1) is 6.61 Å². The van der Waals surface area contributed by atoms with E-state index in [1.165, 1.54) is 0 Å². The number of amides is 2. The number of carbonyl (C=O) groups is 2. The zero-order valence-electron chi connectivity index (χ0n) is 13.2. The molecule has 120 valence electrons. The molecule has 2 atom stereocenters. The molecule has 2 amide bonds. The van der Waals surface area contributed by atoms with E-state index in [9.17, 15) is 9.59 Å². The van der Waals surface area contributed by atoms with Crippen LogP contribution < -0.4 is 10.1 Å². The van der Waals surface area contributed by atoms with E-state index in [0.29, 0.717) is 19.6 Å². The fourth-order valence-electron chi connectivity index (χ4n) is 2.75. The molecule has 1 aliphatic heterocycles. The Morgan fingerprint density at radius 1 is 1.36 bits per heavy atom. The van der Waals surface area contributed by atoms with Crippen molar-refractivity contribution in [3.63, 3.8) is 0 Å². The summed E-state index contributed by atoms with van der Waals surface area (Å²) in [7, 11) is 1.61. The standard InChI is InChI=1S/C17H24N2O3/c1-13(10-12-22-14-7-4-3-5-8-14)17(21)19-11-6-9-15(19)16(20)18-2/h3-5,7-8,13,15H,6,9-12H2,1-2H3,(H,18,20)/t13-,15-/m0/s1. The topological polar surface area (TPSA) is 58.6 Å². The zero-order chi connectivity index (χ0) is 15.9. The first kappa shape index (κ1) is 16.3. The van der Waals surface area contributed by atoms with Gasteiger partial charge >= 0.3 is 0 Å². The third-order valence-corrected chi connectivity index (χ3v) is 4.07. The molecule has 1 aliphatic rings. The van der Waals surface area contributed by atoms with E-state index in [0.717, 1.165) is 18.6 Å². The lowest BCUT2D eigenvalue weighted by atomic mass is 10.1. The van der Waals surface area contributed by atoms with E-state index >= 15 is 0 Å². The highest BCUT2D eigenvalue weighted by Gasteiger charge is 2.35. The zero-order valence-corrected chi connectivity index (χ0v) is 13.2. The summed E-state index contributed by atoms with van der Waals surface area (Å²) in [6, 6.07) is 9.26. The van der Waals surface area contributed by atoms with Crippen molar-refractivity contribution in [1.29, 1.82) is 0 Å². The molecule has 5 nitrogen and oxygen atoms in total. The first-order valence-electron chi connectivity index (χ1n) is 7.83. The number of likely N-dealkylation sites (N-methyl/N-ethyl adjacent to an activating group) is 1. The van der Waals surface area contributed by atoms with Crippen molar-refractivity contribution in [3.8, 4) is 5.75 Å². The maximum Gasteiger partial charge on any atom is 0.242 e. The van der Waals surface area contributed by atoms with Gasteiger partial charge in [-0.15, -0.1) is 0 Å². The predicted molar refractivity (Wildman–Crippen MR) is 84.5 cm³/mol. The van der Waals surface area contributed by atoms with Gasteiger partial charge in [0.25, 0.3) is 0 Å². The van der Waals surface area contributed by atoms with Crippen molar-refractivity contribution >= 4 is 11.8 Å². The highest BCUT2D eigenvalue weighted by Crippen LogP contribution is 2.21. The van der Waals surface area contributed by atoms with Gasteiger partial charge in [0.2, 0.25) is 11.8 Å². The maximum absolute atomic E-state index is 12.5. The third kappa shape index (κ3) is 4.00. The highest BCUT2D eigenvalue weighted by atomic mass is 16.5. The molecule has 0 unspecified atom stereocenters. The monoisotopic (exact) mass is 304 g/mol. The fraction of sp³-hybridized carbons (Fsp3) is 0.529. The minimum Gasteiger partial charge on any atom is -0.494 e. The Kier molecular flexibility index (Phi) is 5.81. The van der Waals surface area contributed by atoms with Crippen molar-refractivity contribution in [3.05, 3.63) is 30.3 Å². The number of para-hydroxylation sites is 1. The molecule has 2 rings (SSSR count). The molecular formula is C17H24N2O3. The molecule has 0 saturated carbocycles. The number of likely N-dealkylation sites (tertiary alicyclic amines) is 1. The summed E-state index contributed by atoms with van der Waals surface area (Å²) in [5.74, 6) is 0.641. The molecule has 1 fully saturated rings. The van der Waals surface area contributed by atoms with E-state index in [2.05, 4.69) is 5.32 Å². The van der Waals surface area contributed by atoms with Crippen LogP contribution >= 0.6 is 0 Å². The molecule has 0 aliphatic carbocycles. The maximum atomic E-state index is 12.5. The van der Waals surface area contributed by atoms with Crippen LogP contribution in [0.3, 0.4) is 0 Å². The minimum atomic E-state index is -0.310. The number of hydrogen-bond acceptors (Lipinski definition) is 3. The van der Waals surface area contributed by atoms with Gasteiger partial charge < -0.3 is 15.0 Å². The molecule has 1 aromatic carbocycles. The number of nitrogens with zero attached hydrogens (tertiary/aromatic N) is 1. The summed E-state index contributed by atoms with van der Waals surface area (Å²) in [5.41, 5.74) is 0. The Bertz CT molecular complexity index is 504. The second kappa shape index (κ2) is 7.82. The van der Waals surface area contributed by atoms with E-state index in [1.54, 1.807) is 11.9 Å². The van der Waals surface area contributed by atoms with Gasteiger partial charge in [0.15, 0.2) is 0 Å². The molecule has 1 saturated heterocycles. The van der Waals surface area contributed by atoms with Gasteiger partial charge in [-0.3, -0.25) is 9.59 Å². The van der Waals surface area contributed by atoms with Gasteiger partial charge in [-0.25, -0.2) is 0 Å². The minimum absolute atomic E-state index is 0.0442. The number of rotatable bonds is 6.